The number of imidazole rings is 1. The van der Waals surface area contributed by atoms with E-state index in [2.05, 4.69) is 55.6 Å². The van der Waals surface area contributed by atoms with E-state index in [0.717, 1.165) is 53.5 Å². The van der Waals surface area contributed by atoms with E-state index in [1.807, 2.05) is 22.7 Å². The molecule has 0 saturated carbocycles. The maximum absolute atomic E-state index is 4.88. The molecule has 3 aromatic rings. The number of fused-ring (bicyclic) bond motifs is 1. The first-order chi connectivity index (χ1) is 12.1. The maximum atomic E-state index is 4.88. The number of anilines is 1. The number of piperazine rings is 1. The lowest BCUT2D eigenvalue weighted by molar-refractivity contribution is 0.209. The molecule has 0 N–H and O–H groups in total. The third-order valence-corrected chi connectivity index (χ3v) is 5.30. The fourth-order valence-electron chi connectivity index (χ4n) is 3.28. The minimum Gasteiger partial charge on any atom is -0.353 e. The SMILES string of the molecule is CC(C)N1CCN(c2ccc3nc(Br)c(-c4ccncc4)n3n2)CC1. The summed E-state index contributed by atoms with van der Waals surface area (Å²) in [5.41, 5.74) is 2.84. The van der Waals surface area contributed by atoms with E-state index in [-0.39, 0.29) is 0 Å². The molecule has 1 aliphatic heterocycles. The smallest absolute Gasteiger partial charge is 0.155 e. The Hall–Kier alpha value is -1.99. The standard InChI is InChI=1S/C18H21BrN6/c1-13(2)23-9-11-24(12-10-23)16-4-3-15-21-18(19)17(25(15)22-16)14-5-7-20-8-6-14/h3-8,13H,9-12H2,1-2H3. The van der Waals surface area contributed by atoms with Crippen molar-refractivity contribution < 1.29 is 0 Å². The van der Waals surface area contributed by atoms with Crippen LogP contribution in [0.15, 0.2) is 41.3 Å². The van der Waals surface area contributed by atoms with Crippen LogP contribution in [0.5, 0.6) is 0 Å². The van der Waals surface area contributed by atoms with Gasteiger partial charge in [0.05, 0.1) is 0 Å². The number of pyridine rings is 1. The minimum absolute atomic E-state index is 0.598. The van der Waals surface area contributed by atoms with Gasteiger partial charge in [0.1, 0.15) is 16.1 Å². The second kappa shape index (κ2) is 6.72. The Labute approximate surface area is 155 Å². The molecule has 130 valence electrons. The van der Waals surface area contributed by atoms with E-state index >= 15 is 0 Å². The lowest BCUT2D eigenvalue weighted by Crippen LogP contribution is -2.49. The van der Waals surface area contributed by atoms with Gasteiger partial charge >= 0.3 is 0 Å². The molecule has 4 rings (SSSR count). The van der Waals surface area contributed by atoms with Crippen molar-refractivity contribution in [2.45, 2.75) is 19.9 Å². The molecule has 1 aliphatic rings. The molecular formula is C18H21BrN6. The van der Waals surface area contributed by atoms with Crippen LogP contribution in [-0.4, -0.2) is 56.7 Å². The molecule has 0 amide bonds. The first-order valence-corrected chi connectivity index (χ1v) is 9.37. The number of rotatable bonds is 3. The molecule has 1 saturated heterocycles. The van der Waals surface area contributed by atoms with Crippen molar-refractivity contribution in [2.75, 3.05) is 31.1 Å². The summed E-state index contributed by atoms with van der Waals surface area (Å²) in [6.45, 7) is 8.65. The third kappa shape index (κ3) is 3.14. The summed E-state index contributed by atoms with van der Waals surface area (Å²) in [6, 6.07) is 8.65. The maximum Gasteiger partial charge on any atom is 0.155 e. The summed E-state index contributed by atoms with van der Waals surface area (Å²) >= 11 is 3.58. The second-order valence-corrected chi connectivity index (χ2v) is 7.32. The van der Waals surface area contributed by atoms with Gasteiger partial charge in [-0.1, -0.05) is 0 Å². The normalized spacial score (nSPS) is 16.1. The highest BCUT2D eigenvalue weighted by Gasteiger charge is 2.21. The predicted molar refractivity (Wildman–Crippen MR) is 103 cm³/mol. The summed E-state index contributed by atoms with van der Waals surface area (Å²) in [6.07, 6.45) is 3.58. The van der Waals surface area contributed by atoms with Gasteiger partial charge in [0.2, 0.25) is 0 Å². The van der Waals surface area contributed by atoms with Gasteiger partial charge < -0.3 is 4.90 Å². The molecule has 7 heteroatoms. The van der Waals surface area contributed by atoms with Gasteiger partial charge in [0, 0.05) is 50.2 Å². The Balaban J connectivity index is 1.69. The number of hydrogen-bond acceptors (Lipinski definition) is 5. The number of hydrogen-bond donors (Lipinski definition) is 0. The van der Waals surface area contributed by atoms with Crippen molar-refractivity contribution in [3.63, 3.8) is 0 Å². The average Bonchev–Trinajstić information content (AvgIpc) is 2.97. The zero-order valence-electron chi connectivity index (χ0n) is 14.4. The molecule has 0 bridgehead atoms. The highest BCUT2D eigenvalue weighted by Crippen LogP contribution is 2.29. The monoisotopic (exact) mass is 400 g/mol. The van der Waals surface area contributed by atoms with Crippen molar-refractivity contribution in [1.29, 1.82) is 0 Å². The predicted octanol–water partition coefficient (Wildman–Crippen LogP) is 3.08. The van der Waals surface area contributed by atoms with Gasteiger partial charge in [-0.2, -0.15) is 0 Å². The summed E-state index contributed by atoms with van der Waals surface area (Å²) < 4.78 is 2.72. The zero-order valence-corrected chi connectivity index (χ0v) is 16.0. The third-order valence-electron chi connectivity index (χ3n) is 4.74. The van der Waals surface area contributed by atoms with Crippen LogP contribution < -0.4 is 4.90 Å². The molecule has 0 aromatic carbocycles. The molecule has 0 radical (unpaired) electrons. The minimum atomic E-state index is 0.598. The van der Waals surface area contributed by atoms with Gasteiger partial charge in [-0.15, -0.1) is 5.10 Å². The van der Waals surface area contributed by atoms with Crippen LogP contribution in [0.25, 0.3) is 16.9 Å². The highest BCUT2D eigenvalue weighted by molar-refractivity contribution is 9.10. The van der Waals surface area contributed by atoms with E-state index in [4.69, 9.17) is 5.10 Å². The molecular weight excluding hydrogens is 380 g/mol. The van der Waals surface area contributed by atoms with Crippen LogP contribution >= 0.6 is 15.9 Å². The van der Waals surface area contributed by atoms with E-state index < -0.39 is 0 Å². The Morgan fingerprint density at radius 2 is 1.72 bits per heavy atom. The summed E-state index contributed by atoms with van der Waals surface area (Å²) in [5.74, 6) is 0.996. The molecule has 3 aromatic heterocycles. The van der Waals surface area contributed by atoms with Gasteiger partial charge in [-0.3, -0.25) is 9.88 Å². The van der Waals surface area contributed by atoms with Crippen LogP contribution in [0.1, 0.15) is 13.8 Å². The number of halogens is 1. The van der Waals surface area contributed by atoms with E-state index in [1.165, 1.54) is 0 Å². The molecule has 0 atom stereocenters. The second-order valence-electron chi connectivity index (χ2n) is 6.57. The van der Waals surface area contributed by atoms with Crippen LogP contribution in [0.4, 0.5) is 5.82 Å². The lowest BCUT2D eigenvalue weighted by Gasteiger charge is -2.37. The van der Waals surface area contributed by atoms with Crippen LogP contribution in [0.2, 0.25) is 0 Å². The van der Waals surface area contributed by atoms with Crippen molar-refractivity contribution in [3.8, 4) is 11.3 Å². The largest absolute Gasteiger partial charge is 0.353 e. The van der Waals surface area contributed by atoms with Crippen LogP contribution in [0, 0.1) is 0 Å². The number of nitrogens with zero attached hydrogens (tertiary/aromatic N) is 6. The number of aromatic nitrogens is 4. The van der Waals surface area contributed by atoms with Gasteiger partial charge in [0.15, 0.2) is 5.65 Å². The van der Waals surface area contributed by atoms with Gasteiger partial charge in [-0.25, -0.2) is 9.50 Å². The molecule has 0 spiro atoms. The zero-order chi connectivity index (χ0) is 17.4. The van der Waals surface area contributed by atoms with Gasteiger partial charge in [0.25, 0.3) is 0 Å². The Morgan fingerprint density at radius 1 is 1.00 bits per heavy atom. The Bertz CT molecular complexity index is 868. The van der Waals surface area contributed by atoms with Crippen LogP contribution in [0.3, 0.4) is 0 Å². The first-order valence-electron chi connectivity index (χ1n) is 8.58. The summed E-state index contributed by atoms with van der Waals surface area (Å²) in [5, 5.41) is 4.88. The molecule has 0 aliphatic carbocycles. The first kappa shape index (κ1) is 16.5. The Morgan fingerprint density at radius 3 is 2.40 bits per heavy atom. The van der Waals surface area contributed by atoms with Gasteiger partial charge in [-0.05, 0) is 54.0 Å². The van der Waals surface area contributed by atoms with E-state index in [1.54, 1.807) is 12.4 Å². The molecule has 4 heterocycles. The van der Waals surface area contributed by atoms with E-state index in [9.17, 15) is 0 Å². The summed E-state index contributed by atoms with van der Waals surface area (Å²) in [7, 11) is 0. The molecule has 6 nitrogen and oxygen atoms in total. The van der Waals surface area contributed by atoms with Crippen molar-refractivity contribution in [3.05, 3.63) is 41.3 Å². The van der Waals surface area contributed by atoms with Crippen LogP contribution in [-0.2, 0) is 0 Å². The Kier molecular flexibility index (Phi) is 4.43. The van der Waals surface area contributed by atoms with Crippen molar-refractivity contribution in [1.82, 2.24) is 24.5 Å². The summed E-state index contributed by atoms with van der Waals surface area (Å²) in [4.78, 5) is 13.5. The van der Waals surface area contributed by atoms with E-state index in [0.29, 0.717) is 6.04 Å². The lowest BCUT2D eigenvalue weighted by atomic mass is 10.2. The molecule has 0 unspecified atom stereocenters. The fourth-order valence-corrected chi connectivity index (χ4v) is 3.86. The quantitative estimate of drug-likeness (QED) is 0.675. The molecule has 1 fully saturated rings. The van der Waals surface area contributed by atoms with Crippen molar-refractivity contribution in [2.24, 2.45) is 0 Å². The average molecular weight is 401 g/mol. The highest BCUT2D eigenvalue weighted by atomic mass is 79.9. The van der Waals surface area contributed by atoms with Crippen molar-refractivity contribution >= 4 is 27.4 Å². The fraction of sp³-hybridized carbons (Fsp3) is 0.389. The molecule has 25 heavy (non-hydrogen) atoms. The topological polar surface area (TPSA) is 49.6 Å².